The second-order valence-corrected chi connectivity index (χ2v) is 9.06. The van der Waals surface area contributed by atoms with Gasteiger partial charge in [-0.2, -0.15) is 0 Å². The van der Waals surface area contributed by atoms with Crippen LogP contribution in [0.2, 0.25) is 0 Å². The number of nitrogens with zero attached hydrogens (tertiary/aromatic N) is 2. The minimum absolute atomic E-state index is 0.126. The molecule has 0 aromatic rings. The molecule has 2 atom stereocenters. The van der Waals surface area contributed by atoms with Crippen LogP contribution in [0.1, 0.15) is 82.1 Å². The zero-order valence-corrected chi connectivity index (χ0v) is 19.4. The maximum absolute atomic E-state index is 6.06. The summed E-state index contributed by atoms with van der Waals surface area (Å²) in [4.78, 5) is 17.0. The van der Waals surface area contributed by atoms with Crippen LogP contribution in [0.15, 0.2) is 0 Å². The number of hydrogen-bond acceptors (Lipinski definition) is 4. The molecule has 0 aliphatic carbocycles. The Balaban J connectivity index is 4.90. The molecule has 4 nitrogen and oxygen atoms in total. The van der Waals surface area contributed by atoms with Crippen molar-refractivity contribution in [3.8, 4) is 0 Å². The van der Waals surface area contributed by atoms with Crippen LogP contribution < -0.4 is 0 Å². The Morgan fingerprint density at radius 3 is 1.08 bits per heavy atom. The van der Waals surface area contributed by atoms with Gasteiger partial charge in [0.15, 0.2) is 0 Å². The highest BCUT2D eigenvalue weighted by Gasteiger charge is 2.23. The average Bonchev–Trinajstić information content (AvgIpc) is 2.52. The van der Waals surface area contributed by atoms with E-state index in [9.17, 15) is 0 Å². The first-order valence-electron chi connectivity index (χ1n) is 10.9. The van der Waals surface area contributed by atoms with E-state index < -0.39 is 0 Å². The summed E-state index contributed by atoms with van der Waals surface area (Å²) >= 11 is 0. The molecule has 0 radical (unpaired) electrons. The molecule has 158 valence electrons. The van der Waals surface area contributed by atoms with Crippen molar-refractivity contribution in [3.63, 3.8) is 0 Å². The van der Waals surface area contributed by atoms with Crippen molar-refractivity contribution < 1.29 is 9.78 Å². The molecule has 0 amide bonds. The van der Waals surface area contributed by atoms with Crippen molar-refractivity contribution in [2.24, 2.45) is 11.8 Å². The van der Waals surface area contributed by atoms with Crippen LogP contribution in [0.3, 0.4) is 0 Å². The molecule has 26 heavy (non-hydrogen) atoms. The lowest BCUT2D eigenvalue weighted by Crippen LogP contribution is -2.42. The van der Waals surface area contributed by atoms with Gasteiger partial charge in [-0.05, 0) is 65.5 Å². The van der Waals surface area contributed by atoms with Gasteiger partial charge < -0.3 is 0 Å². The Hall–Kier alpha value is -0.160. The Labute approximate surface area is 164 Å². The fourth-order valence-electron chi connectivity index (χ4n) is 3.43. The van der Waals surface area contributed by atoms with Gasteiger partial charge in [-0.1, -0.05) is 41.5 Å². The van der Waals surface area contributed by atoms with Crippen LogP contribution in [0.25, 0.3) is 0 Å². The maximum atomic E-state index is 6.06. The molecule has 0 fully saturated rings. The fraction of sp³-hybridized carbons (Fsp3) is 1.00. The molecule has 0 rings (SSSR count). The third-order valence-corrected chi connectivity index (χ3v) is 4.95. The van der Waals surface area contributed by atoms with Gasteiger partial charge in [0, 0.05) is 25.2 Å². The average molecular weight is 373 g/mol. The van der Waals surface area contributed by atoms with Gasteiger partial charge in [0.05, 0.1) is 0 Å². The Morgan fingerprint density at radius 1 is 0.577 bits per heavy atom. The van der Waals surface area contributed by atoms with Gasteiger partial charge in [-0.3, -0.25) is 9.80 Å². The maximum Gasteiger partial charge on any atom is 0.106 e. The zero-order valence-electron chi connectivity index (χ0n) is 19.4. The summed E-state index contributed by atoms with van der Waals surface area (Å²) in [6, 6.07) is 1.06. The van der Waals surface area contributed by atoms with Crippen LogP contribution in [0.5, 0.6) is 0 Å². The Morgan fingerprint density at radius 2 is 0.885 bits per heavy atom. The summed E-state index contributed by atoms with van der Waals surface area (Å²) in [6.07, 6.45) is 2.31. The molecule has 0 heterocycles. The van der Waals surface area contributed by atoms with E-state index in [0.29, 0.717) is 23.9 Å². The van der Waals surface area contributed by atoms with E-state index in [2.05, 4.69) is 79.0 Å². The Kier molecular flexibility index (Phi) is 13.8. The lowest BCUT2D eigenvalue weighted by atomic mass is 10.0. The molecule has 4 heteroatoms. The predicted molar refractivity (Wildman–Crippen MR) is 113 cm³/mol. The van der Waals surface area contributed by atoms with Crippen molar-refractivity contribution in [1.82, 2.24) is 9.80 Å². The van der Waals surface area contributed by atoms with Gasteiger partial charge in [-0.25, -0.2) is 9.78 Å². The highest BCUT2D eigenvalue weighted by molar-refractivity contribution is 4.71. The molecule has 0 bridgehead atoms. The van der Waals surface area contributed by atoms with Gasteiger partial charge in [0.25, 0.3) is 0 Å². The van der Waals surface area contributed by atoms with E-state index in [1.54, 1.807) is 0 Å². The topological polar surface area (TPSA) is 24.9 Å². The first-order valence-corrected chi connectivity index (χ1v) is 10.9. The van der Waals surface area contributed by atoms with Gasteiger partial charge in [0.2, 0.25) is 0 Å². The third-order valence-electron chi connectivity index (χ3n) is 4.95. The fourth-order valence-corrected chi connectivity index (χ4v) is 3.43. The molecular formula is C22H48N2O2. The van der Waals surface area contributed by atoms with Crippen molar-refractivity contribution in [1.29, 1.82) is 0 Å². The largest absolute Gasteiger partial charge is 0.299 e. The molecule has 0 aliphatic heterocycles. The molecule has 0 spiro atoms. The summed E-state index contributed by atoms with van der Waals surface area (Å²) in [6.45, 7) is 26.4. The minimum Gasteiger partial charge on any atom is -0.299 e. The normalized spacial score (nSPS) is 15.2. The van der Waals surface area contributed by atoms with Crippen LogP contribution in [-0.2, 0) is 9.78 Å². The van der Waals surface area contributed by atoms with Crippen molar-refractivity contribution in [2.45, 2.75) is 106 Å². The first-order chi connectivity index (χ1) is 12.1. The molecule has 0 saturated heterocycles. The van der Waals surface area contributed by atoms with Gasteiger partial charge in [0.1, 0.15) is 12.2 Å². The Bertz CT molecular complexity index is 300. The van der Waals surface area contributed by atoms with Gasteiger partial charge in [-0.15, -0.1) is 0 Å². The predicted octanol–water partition coefficient (Wildman–Crippen LogP) is 5.22. The van der Waals surface area contributed by atoms with Crippen LogP contribution in [0, 0.1) is 11.8 Å². The van der Waals surface area contributed by atoms with E-state index in [1.807, 2.05) is 0 Å². The molecule has 0 aromatic heterocycles. The molecule has 0 saturated carbocycles. The summed E-state index contributed by atoms with van der Waals surface area (Å²) in [5, 5.41) is 0. The zero-order chi connectivity index (χ0) is 20.3. The van der Waals surface area contributed by atoms with Crippen molar-refractivity contribution >= 4 is 0 Å². The quantitative estimate of drug-likeness (QED) is 0.290. The van der Waals surface area contributed by atoms with E-state index in [4.69, 9.17) is 9.78 Å². The van der Waals surface area contributed by atoms with Crippen LogP contribution >= 0.6 is 0 Å². The van der Waals surface area contributed by atoms with Crippen LogP contribution in [0.4, 0.5) is 0 Å². The summed E-state index contributed by atoms with van der Waals surface area (Å²) < 4.78 is 0. The van der Waals surface area contributed by atoms with E-state index in [1.165, 1.54) is 0 Å². The van der Waals surface area contributed by atoms with Crippen LogP contribution in [-0.4, -0.2) is 60.3 Å². The molecule has 0 aromatic carbocycles. The van der Waals surface area contributed by atoms with Crippen molar-refractivity contribution in [2.75, 3.05) is 26.2 Å². The van der Waals surface area contributed by atoms with Gasteiger partial charge >= 0.3 is 0 Å². The third kappa shape index (κ3) is 11.5. The highest BCUT2D eigenvalue weighted by atomic mass is 17.2. The standard InChI is InChI=1S/C22H48N2O2/c1-11-23(19(7)8)15-21(13-17(3)4)25-26-22(14-18(5)6)16-24(12-2)20(9)10/h17-22H,11-16H2,1-10H3. The monoisotopic (exact) mass is 372 g/mol. The smallest absolute Gasteiger partial charge is 0.106 e. The molecular weight excluding hydrogens is 324 g/mol. The highest BCUT2D eigenvalue weighted by Crippen LogP contribution is 2.17. The second kappa shape index (κ2) is 13.9. The number of likely N-dealkylation sites (N-methyl/N-ethyl adjacent to an activating group) is 2. The molecule has 0 aliphatic rings. The molecule has 0 N–H and O–H groups in total. The lowest BCUT2D eigenvalue weighted by Gasteiger charge is -2.33. The first kappa shape index (κ1) is 25.8. The van der Waals surface area contributed by atoms with E-state index in [0.717, 1.165) is 39.0 Å². The van der Waals surface area contributed by atoms with E-state index in [-0.39, 0.29) is 12.2 Å². The summed E-state index contributed by atoms with van der Waals surface area (Å²) in [7, 11) is 0. The SMILES string of the molecule is CCN(CC(CC(C)C)OOC(CC(C)C)CN(CC)C(C)C)C(C)C. The second-order valence-electron chi connectivity index (χ2n) is 9.06. The number of rotatable bonds is 15. The number of hydrogen-bond donors (Lipinski definition) is 0. The van der Waals surface area contributed by atoms with Crippen molar-refractivity contribution in [3.05, 3.63) is 0 Å². The molecule has 2 unspecified atom stereocenters. The van der Waals surface area contributed by atoms with E-state index >= 15 is 0 Å². The lowest BCUT2D eigenvalue weighted by molar-refractivity contribution is -0.358. The summed E-state index contributed by atoms with van der Waals surface area (Å²) in [5.41, 5.74) is 0. The summed E-state index contributed by atoms with van der Waals surface area (Å²) in [5.74, 6) is 1.20. The minimum atomic E-state index is 0.126.